The lowest BCUT2D eigenvalue weighted by Gasteiger charge is -2.34. The van der Waals surface area contributed by atoms with E-state index >= 15 is 0 Å². The van der Waals surface area contributed by atoms with Crippen LogP contribution < -0.4 is 15.8 Å². The quantitative estimate of drug-likeness (QED) is 0.419. The summed E-state index contributed by atoms with van der Waals surface area (Å²) in [7, 11) is 0. The molecule has 0 radical (unpaired) electrons. The summed E-state index contributed by atoms with van der Waals surface area (Å²) in [4.78, 5) is 34.2. The number of aryl methyl sites for hydroxylation is 2. The number of anilines is 1. The molecule has 2 aromatic carbocycles. The SMILES string of the molecule is Cc1cc(C)c2nc(N3CCN(CCNC(=O)c4cc5ccccc5oc4=O)CC3)sc2c1.Cl. The number of benzene rings is 2. The first kappa shape index (κ1) is 24.2. The second-order valence-electron chi connectivity index (χ2n) is 8.49. The molecule has 1 fully saturated rings. The van der Waals surface area contributed by atoms with E-state index in [-0.39, 0.29) is 18.0 Å². The Bertz CT molecular complexity index is 1390. The molecule has 0 atom stereocenters. The third kappa shape index (κ3) is 4.94. The van der Waals surface area contributed by atoms with Gasteiger partial charge in [-0.25, -0.2) is 9.78 Å². The minimum absolute atomic E-state index is 0. The Hall–Kier alpha value is -2.94. The number of thiazole rings is 1. The number of nitrogens with zero attached hydrogens (tertiary/aromatic N) is 3. The predicted molar refractivity (Wildman–Crippen MR) is 140 cm³/mol. The fourth-order valence-electron chi connectivity index (χ4n) is 4.30. The predicted octanol–water partition coefficient (Wildman–Crippen LogP) is 3.99. The van der Waals surface area contributed by atoms with Gasteiger partial charge < -0.3 is 14.6 Å². The molecule has 2 aromatic heterocycles. The van der Waals surface area contributed by atoms with Crippen molar-refractivity contribution in [1.82, 2.24) is 15.2 Å². The molecule has 0 unspecified atom stereocenters. The van der Waals surface area contributed by atoms with Gasteiger partial charge in [0.25, 0.3) is 5.91 Å². The van der Waals surface area contributed by atoms with Crippen molar-refractivity contribution in [3.63, 3.8) is 0 Å². The van der Waals surface area contributed by atoms with Crippen molar-refractivity contribution >= 4 is 56.0 Å². The molecular formula is C25H27ClN4O3S. The van der Waals surface area contributed by atoms with Crippen LogP contribution in [0, 0.1) is 13.8 Å². The molecular weight excluding hydrogens is 472 g/mol. The fourth-order valence-corrected chi connectivity index (χ4v) is 5.49. The Morgan fingerprint density at radius 3 is 2.68 bits per heavy atom. The summed E-state index contributed by atoms with van der Waals surface area (Å²) in [6.07, 6.45) is 0. The number of amides is 1. The van der Waals surface area contributed by atoms with Gasteiger partial charge in [0.2, 0.25) is 0 Å². The molecule has 1 aliphatic heterocycles. The third-order valence-electron chi connectivity index (χ3n) is 6.06. The highest BCUT2D eigenvalue weighted by Crippen LogP contribution is 2.32. The average molecular weight is 499 g/mol. The summed E-state index contributed by atoms with van der Waals surface area (Å²) in [5.41, 5.74) is 3.51. The number of halogens is 1. The molecule has 5 rings (SSSR count). The van der Waals surface area contributed by atoms with Gasteiger partial charge in [-0.3, -0.25) is 9.69 Å². The monoisotopic (exact) mass is 498 g/mol. The van der Waals surface area contributed by atoms with Crippen LogP contribution in [-0.4, -0.2) is 55.1 Å². The van der Waals surface area contributed by atoms with Crippen LogP contribution in [0.4, 0.5) is 5.13 Å². The molecule has 1 N–H and O–H groups in total. The van der Waals surface area contributed by atoms with Crippen LogP contribution in [0.3, 0.4) is 0 Å². The molecule has 0 aliphatic carbocycles. The largest absolute Gasteiger partial charge is 0.422 e. The number of piperazine rings is 1. The molecule has 4 aromatic rings. The smallest absolute Gasteiger partial charge is 0.349 e. The Balaban J connectivity index is 0.00000274. The van der Waals surface area contributed by atoms with Gasteiger partial charge in [0.1, 0.15) is 11.1 Å². The van der Waals surface area contributed by atoms with E-state index < -0.39 is 11.5 Å². The van der Waals surface area contributed by atoms with Crippen LogP contribution in [0.1, 0.15) is 21.5 Å². The van der Waals surface area contributed by atoms with Crippen LogP contribution in [-0.2, 0) is 0 Å². The van der Waals surface area contributed by atoms with Crippen molar-refractivity contribution in [2.75, 3.05) is 44.2 Å². The summed E-state index contributed by atoms with van der Waals surface area (Å²) >= 11 is 1.76. The van der Waals surface area contributed by atoms with E-state index in [1.807, 2.05) is 12.1 Å². The lowest BCUT2D eigenvalue weighted by molar-refractivity contribution is 0.0944. The van der Waals surface area contributed by atoms with Crippen molar-refractivity contribution in [2.45, 2.75) is 13.8 Å². The Kier molecular flexibility index (Phi) is 7.21. The second kappa shape index (κ2) is 10.1. The van der Waals surface area contributed by atoms with Gasteiger partial charge in [-0.2, -0.15) is 0 Å². The maximum absolute atomic E-state index is 12.5. The first-order chi connectivity index (χ1) is 16.0. The molecule has 1 aliphatic rings. The number of hydrogen-bond donors (Lipinski definition) is 1. The molecule has 34 heavy (non-hydrogen) atoms. The number of nitrogens with one attached hydrogen (secondary N) is 1. The summed E-state index contributed by atoms with van der Waals surface area (Å²) in [5.74, 6) is -0.395. The third-order valence-corrected chi connectivity index (χ3v) is 7.12. The van der Waals surface area contributed by atoms with Crippen LogP contribution in [0.25, 0.3) is 21.2 Å². The lowest BCUT2D eigenvalue weighted by atomic mass is 10.1. The first-order valence-corrected chi connectivity index (χ1v) is 12.0. The summed E-state index contributed by atoms with van der Waals surface area (Å²) < 4.78 is 6.50. The van der Waals surface area contributed by atoms with E-state index in [2.05, 4.69) is 41.1 Å². The van der Waals surface area contributed by atoms with Gasteiger partial charge in [0, 0.05) is 44.7 Å². The van der Waals surface area contributed by atoms with E-state index in [0.717, 1.165) is 48.8 Å². The highest BCUT2D eigenvalue weighted by molar-refractivity contribution is 7.22. The topological polar surface area (TPSA) is 78.7 Å². The summed E-state index contributed by atoms with van der Waals surface area (Å²) in [5, 5.41) is 4.67. The number of fused-ring (bicyclic) bond motifs is 2. The molecule has 0 saturated carbocycles. The van der Waals surface area contributed by atoms with Gasteiger partial charge in [0.05, 0.1) is 10.2 Å². The minimum atomic E-state index is -0.610. The van der Waals surface area contributed by atoms with Gasteiger partial charge in [-0.1, -0.05) is 35.6 Å². The molecule has 178 valence electrons. The molecule has 1 amide bonds. The summed E-state index contributed by atoms with van der Waals surface area (Å²) in [6, 6.07) is 13.2. The fraction of sp³-hybridized carbons (Fsp3) is 0.320. The lowest BCUT2D eigenvalue weighted by Crippen LogP contribution is -2.48. The molecule has 1 saturated heterocycles. The van der Waals surface area contributed by atoms with Gasteiger partial charge >= 0.3 is 5.63 Å². The van der Waals surface area contributed by atoms with Crippen LogP contribution in [0.15, 0.2) is 51.7 Å². The maximum atomic E-state index is 12.5. The standard InChI is InChI=1S/C25H26N4O3S.ClH/c1-16-13-17(2)22-21(14-16)33-25(27-22)29-11-9-28(10-12-29)8-7-26-23(30)19-15-18-5-3-4-6-20(18)32-24(19)31;/h3-6,13-15H,7-12H2,1-2H3,(H,26,30);1H. The molecule has 0 spiro atoms. The highest BCUT2D eigenvalue weighted by Gasteiger charge is 2.21. The molecule has 0 bridgehead atoms. The minimum Gasteiger partial charge on any atom is -0.422 e. The molecule has 9 heteroatoms. The van der Waals surface area contributed by atoms with E-state index in [4.69, 9.17) is 9.40 Å². The van der Waals surface area contributed by atoms with Crippen LogP contribution in [0.2, 0.25) is 0 Å². The highest BCUT2D eigenvalue weighted by atomic mass is 35.5. The number of hydrogen-bond acceptors (Lipinski definition) is 7. The van der Waals surface area contributed by atoms with Crippen molar-refractivity contribution in [2.24, 2.45) is 0 Å². The van der Waals surface area contributed by atoms with E-state index in [9.17, 15) is 9.59 Å². The Morgan fingerprint density at radius 2 is 1.88 bits per heavy atom. The zero-order chi connectivity index (χ0) is 22.9. The van der Waals surface area contributed by atoms with E-state index in [1.54, 1.807) is 29.5 Å². The van der Waals surface area contributed by atoms with Crippen molar-refractivity contribution in [3.05, 3.63) is 69.6 Å². The molecule has 3 heterocycles. The number of para-hydroxylation sites is 1. The van der Waals surface area contributed by atoms with Crippen molar-refractivity contribution < 1.29 is 9.21 Å². The first-order valence-electron chi connectivity index (χ1n) is 11.1. The number of aromatic nitrogens is 1. The maximum Gasteiger partial charge on any atom is 0.349 e. The van der Waals surface area contributed by atoms with Crippen molar-refractivity contribution in [1.29, 1.82) is 0 Å². The van der Waals surface area contributed by atoms with Crippen molar-refractivity contribution in [3.8, 4) is 0 Å². The zero-order valence-corrected chi connectivity index (χ0v) is 20.8. The zero-order valence-electron chi connectivity index (χ0n) is 19.2. The van der Waals surface area contributed by atoms with E-state index in [0.29, 0.717) is 12.1 Å². The Labute approximate surface area is 207 Å². The normalized spacial score (nSPS) is 14.4. The van der Waals surface area contributed by atoms with Gasteiger partial charge in [-0.15, -0.1) is 12.4 Å². The average Bonchev–Trinajstić information content (AvgIpc) is 3.23. The second-order valence-corrected chi connectivity index (χ2v) is 9.50. The summed E-state index contributed by atoms with van der Waals surface area (Å²) in [6.45, 7) is 9.06. The number of carbonyl (C=O) groups is 1. The van der Waals surface area contributed by atoms with E-state index in [1.165, 1.54) is 15.8 Å². The van der Waals surface area contributed by atoms with Gasteiger partial charge in [0.15, 0.2) is 5.13 Å². The van der Waals surface area contributed by atoms with Gasteiger partial charge in [-0.05, 0) is 43.2 Å². The number of rotatable bonds is 5. The van der Waals surface area contributed by atoms with Crippen LogP contribution in [0.5, 0.6) is 0 Å². The Morgan fingerprint density at radius 1 is 1.12 bits per heavy atom. The van der Waals surface area contributed by atoms with Crippen LogP contribution >= 0.6 is 23.7 Å². The number of carbonyl (C=O) groups excluding carboxylic acids is 1. The molecule has 7 nitrogen and oxygen atoms in total.